The summed E-state index contributed by atoms with van der Waals surface area (Å²) in [4.78, 5) is 0. The lowest BCUT2D eigenvalue weighted by Gasteiger charge is -2.27. The Balaban J connectivity index is 2.46. The Morgan fingerprint density at radius 2 is 2.12 bits per heavy atom. The van der Waals surface area contributed by atoms with Crippen molar-refractivity contribution in [1.82, 2.24) is 5.32 Å². The van der Waals surface area contributed by atoms with E-state index in [0.717, 1.165) is 34.9 Å². The molecule has 0 aliphatic carbocycles. The largest absolute Gasteiger partial charge is 0.496 e. The zero-order chi connectivity index (χ0) is 12.4. The molecular weight excluding hydrogens is 234 g/mol. The first-order valence-electron chi connectivity index (χ1n) is 6.22. The van der Waals surface area contributed by atoms with Gasteiger partial charge in [-0.1, -0.05) is 18.0 Å². The molecule has 0 amide bonds. The fraction of sp³-hybridized carbons (Fsp3) is 0.571. The molecule has 1 atom stereocenters. The minimum Gasteiger partial charge on any atom is -0.496 e. The van der Waals surface area contributed by atoms with E-state index in [1.54, 1.807) is 7.11 Å². The first-order valence-corrected chi connectivity index (χ1v) is 6.60. The van der Waals surface area contributed by atoms with E-state index in [1.165, 1.54) is 18.4 Å². The third kappa shape index (κ3) is 2.43. The van der Waals surface area contributed by atoms with Crippen LogP contribution < -0.4 is 10.1 Å². The van der Waals surface area contributed by atoms with E-state index in [-0.39, 0.29) is 0 Å². The summed E-state index contributed by atoms with van der Waals surface area (Å²) >= 11 is 6.35. The third-order valence-corrected chi connectivity index (χ3v) is 4.15. The molecule has 1 heterocycles. The average molecular weight is 254 g/mol. The molecule has 94 valence electrons. The normalized spacial score (nSPS) is 20.4. The average Bonchev–Trinajstić information content (AvgIpc) is 2.36. The molecule has 2 nitrogen and oxygen atoms in total. The van der Waals surface area contributed by atoms with Crippen molar-refractivity contribution in [3.05, 3.63) is 27.8 Å². The van der Waals surface area contributed by atoms with E-state index in [2.05, 4.69) is 12.2 Å². The van der Waals surface area contributed by atoms with E-state index >= 15 is 0 Å². The van der Waals surface area contributed by atoms with Crippen LogP contribution in [0, 0.1) is 13.8 Å². The van der Waals surface area contributed by atoms with Crippen LogP contribution in [0.25, 0.3) is 0 Å². The quantitative estimate of drug-likeness (QED) is 0.866. The number of methoxy groups -OCH3 is 1. The molecule has 1 N–H and O–H groups in total. The Morgan fingerprint density at radius 3 is 2.71 bits per heavy atom. The Labute approximate surface area is 108 Å². The van der Waals surface area contributed by atoms with Gasteiger partial charge in [0, 0.05) is 16.6 Å². The van der Waals surface area contributed by atoms with E-state index in [4.69, 9.17) is 16.3 Å². The lowest BCUT2D eigenvalue weighted by atomic mass is 9.92. The topological polar surface area (TPSA) is 21.3 Å². The molecule has 1 unspecified atom stereocenters. The van der Waals surface area contributed by atoms with Gasteiger partial charge in [-0.2, -0.15) is 0 Å². The first kappa shape index (κ1) is 12.7. The van der Waals surface area contributed by atoms with Crippen LogP contribution in [0.1, 0.15) is 42.0 Å². The van der Waals surface area contributed by atoms with Crippen molar-refractivity contribution in [2.45, 2.75) is 39.2 Å². The van der Waals surface area contributed by atoms with Crippen LogP contribution >= 0.6 is 11.6 Å². The molecule has 2 rings (SSSR count). The third-order valence-electron chi connectivity index (χ3n) is 3.57. The smallest absolute Gasteiger partial charge is 0.124 e. The summed E-state index contributed by atoms with van der Waals surface area (Å²) in [7, 11) is 1.73. The molecule has 1 saturated heterocycles. The van der Waals surface area contributed by atoms with Crippen LogP contribution in [0.15, 0.2) is 6.07 Å². The number of aryl methyl sites for hydroxylation is 1. The molecule has 1 aliphatic heterocycles. The van der Waals surface area contributed by atoms with Crippen molar-refractivity contribution < 1.29 is 4.74 Å². The number of hydrogen-bond acceptors (Lipinski definition) is 2. The van der Waals surface area contributed by atoms with Gasteiger partial charge in [-0.25, -0.2) is 0 Å². The van der Waals surface area contributed by atoms with Gasteiger partial charge in [-0.15, -0.1) is 0 Å². The van der Waals surface area contributed by atoms with E-state index in [1.807, 2.05) is 13.0 Å². The Kier molecular flexibility index (Phi) is 3.95. The minimum atomic E-state index is 0.386. The first-order chi connectivity index (χ1) is 8.15. The molecule has 1 aromatic rings. The fourth-order valence-corrected chi connectivity index (χ4v) is 2.79. The van der Waals surface area contributed by atoms with Crippen molar-refractivity contribution in [2.24, 2.45) is 0 Å². The van der Waals surface area contributed by atoms with E-state index in [9.17, 15) is 0 Å². The summed E-state index contributed by atoms with van der Waals surface area (Å²) in [5.74, 6) is 0.962. The highest BCUT2D eigenvalue weighted by molar-refractivity contribution is 6.32. The fourth-order valence-electron chi connectivity index (χ4n) is 2.64. The van der Waals surface area contributed by atoms with Crippen molar-refractivity contribution >= 4 is 11.6 Å². The molecule has 3 heteroatoms. The van der Waals surface area contributed by atoms with Gasteiger partial charge in [0.2, 0.25) is 0 Å². The Morgan fingerprint density at radius 1 is 1.35 bits per heavy atom. The summed E-state index contributed by atoms with van der Waals surface area (Å²) in [6, 6.07) is 2.43. The van der Waals surface area contributed by atoms with Crippen molar-refractivity contribution in [2.75, 3.05) is 13.7 Å². The van der Waals surface area contributed by atoms with Gasteiger partial charge in [-0.05, 0) is 50.4 Å². The maximum Gasteiger partial charge on any atom is 0.124 e. The van der Waals surface area contributed by atoms with Gasteiger partial charge in [0.15, 0.2) is 0 Å². The number of hydrogen-bond donors (Lipinski definition) is 1. The summed E-state index contributed by atoms with van der Waals surface area (Å²) < 4.78 is 5.52. The van der Waals surface area contributed by atoms with Gasteiger partial charge in [0.25, 0.3) is 0 Å². The molecule has 0 radical (unpaired) electrons. The molecule has 0 spiro atoms. The second kappa shape index (κ2) is 5.28. The molecule has 0 aromatic heterocycles. The Bertz CT molecular complexity index is 411. The van der Waals surface area contributed by atoms with Gasteiger partial charge >= 0.3 is 0 Å². The van der Waals surface area contributed by atoms with E-state index in [0.29, 0.717) is 6.04 Å². The predicted octanol–water partition coefficient (Wildman–Crippen LogP) is 3.78. The van der Waals surface area contributed by atoms with Crippen molar-refractivity contribution in [3.63, 3.8) is 0 Å². The van der Waals surface area contributed by atoms with E-state index < -0.39 is 0 Å². The monoisotopic (exact) mass is 253 g/mol. The van der Waals surface area contributed by atoms with Gasteiger partial charge in [0.05, 0.1) is 7.11 Å². The zero-order valence-corrected chi connectivity index (χ0v) is 11.5. The highest BCUT2D eigenvalue weighted by atomic mass is 35.5. The van der Waals surface area contributed by atoms with Crippen LogP contribution in [-0.4, -0.2) is 13.7 Å². The van der Waals surface area contributed by atoms with Crippen LogP contribution in [0.2, 0.25) is 5.02 Å². The Hall–Kier alpha value is -0.730. The zero-order valence-electron chi connectivity index (χ0n) is 10.8. The molecule has 1 aromatic carbocycles. The lowest BCUT2D eigenvalue weighted by molar-refractivity contribution is 0.372. The summed E-state index contributed by atoms with van der Waals surface area (Å²) in [6.07, 6.45) is 3.69. The van der Waals surface area contributed by atoms with Crippen LogP contribution in [0.4, 0.5) is 0 Å². The number of halogens is 1. The number of benzene rings is 1. The molecule has 17 heavy (non-hydrogen) atoms. The SMILES string of the molecule is COc1cc(C)c(Cl)c(C)c1C1CCCCN1. The minimum absolute atomic E-state index is 0.386. The summed E-state index contributed by atoms with van der Waals surface area (Å²) in [5, 5.41) is 4.43. The maximum atomic E-state index is 6.35. The number of rotatable bonds is 2. The highest BCUT2D eigenvalue weighted by Gasteiger charge is 2.22. The van der Waals surface area contributed by atoms with Gasteiger partial charge < -0.3 is 10.1 Å². The second-order valence-electron chi connectivity index (χ2n) is 4.75. The predicted molar refractivity (Wildman–Crippen MR) is 72.1 cm³/mol. The van der Waals surface area contributed by atoms with Crippen molar-refractivity contribution in [3.8, 4) is 5.75 Å². The standard InChI is InChI=1S/C14H20ClNO/c1-9-8-12(17-3)13(10(2)14(9)15)11-6-4-5-7-16-11/h8,11,16H,4-7H2,1-3H3. The molecule has 0 saturated carbocycles. The number of piperidine rings is 1. The molecule has 1 aliphatic rings. The molecular formula is C14H20ClNO. The maximum absolute atomic E-state index is 6.35. The summed E-state index contributed by atoms with van der Waals surface area (Å²) in [6.45, 7) is 5.19. The molecule has 1 fully saturated rings. The summed E-state index contributed by atoms with van der Waals surface area (Å²) in [5.41, 5.74) is 3.48. The lowest BCUT2D eigenvalue weighted by Crippen LogP contribution is -2.27. The molecule has 0 bridgehead atoms. The highest BCUT2D eigenvalue weighted by Crippen LogP contribution is 2.38. The van der Waals surface area contributed by atoms with Crippen molar-refractivity contribution in [1.29, 1.82) is 0 Å². The number of ether oxygens (including phenoxy) is 1. The van der Waals surface area contributed by atoms with Crippen LogP contribution in [0.3, 0.4) is 0 Å². The van der Waals surface area contributed by atoms with Gasteiger partial charge in [0.1, 0.15) is 5.75 Å². The van der Waals surface area contributed by atoms with Crippen LogP contribution in [0.5, 0.6) is 5.75 Å². The second-order valence-corrected chi connectivity index (χ2v) is 5.13. The van der Waals surface area contributed by atoms with Gasteiger partial charge in [-0.3, -0.25) is 0 Å². The number of nitrogens with one attached hydrogen (secondary N) is 1. The van der Waals surface area contributed by atoms with Crippen LogP contribution in [-0.2, 0) is 0 Å².